The van der Waals surface area contributed by atoms with E-state index in [0.717, 1.165) is 12.8 Å². The third kappa shape index (κ3) is 3.89. The molecule has 0 aliphatic heterocycles. The zero-order valence-electron chi connectivity index (χ0n) is 15.3. The Morgan fingerprint density at radius 2 is 2.04 bits per heavy atom. The smallest absolute Gasteiger partial charge is 0.280 e. The number of rotatable bonds is 8. The first-order valence-electron chi connectivity index (χ1n) is 8.52. The molecular formula is C17H24N4O4S. The van der Waals surface area contributed by atoms with Crippen LogP contribution in [0.4, 0.5) is 0 Å². The number of aromatic nitrogens is 2. The van der Waals surface area contributed by atoms with Crippen LogP contribution in [0.5, 0.6) is 5.75 Å². The highest BCUT2D eigenvalue weighted by atomic mass is 32.2. The van der Waals surface area contributed by atoms with E-state index in [0.29, 0.717) is 23.1 Å². The lowest BCUT2D eigenvalue weighted by Crippen LogP contribution is -2.45. The molecule has 1 aromatic carbocycles. The van der Waals surface area contributed by atoms with Crippen molar-refractivity contribution >= 4 is 10.2 Å². The summed E-state index contributed by atoms with van der Waals surface area (Å²) in [6, 6.07) is 6.28. The van der Waals surface area contributed by atoms with E-state index in [-0.39, 0.29) is 11.9 Å². The maximum atomic E-state index is 13.0. The number of methoxy groups -OCH3 is 1. The van der Waals surface area contributed by atoms with Gasteiger partial charge in [0.2, 0.25) is 5.89 Å². The Morgan fingerprint density at radius 3 is 2.62 bits per heavy atom. The molecule has 142 valence electrons. The van der Waals surface area contributed by atoms with Gasteiger partial charge in [-0.1, -0.05) is 23.4 Å². The first-order valence-corrected chi connectivity index (χ1v) is 9.96. The van der Waals surface area contributed by atoms with E-state index in [4.69, 9.17) is 9.26 Å². The molecular weight excluding hydrogens is 356 g/mol. The molecule has 0 radical (unpaired) electrons. The number of benzene rings is 1. The number of hydrogen-bond acceptors (Lipinski definition) is 6. The molecule has 0 saturated heterocycles. The Kier molecular flexibility index (Phi) is 5.31. The quantitative estimate of drug-likeness (QED) is 0.753. The minimum atomic E-state index is -3.77. The highest BCUT2D eigenvalue weighted by Gasteiger charge is 2.37. The minimum Gasteiger partial charge on any atom is -0.496 e. The van der Waals surface area contributed by atoms with Gasteiger partial charge in [-0.15, -0.1) is 0 Å². The van der Waals surface area contributed by atoms with Crippen LogP contribution < -0.4 is 9.46 Å². The number of para-hydroxylation sites is 1. The Hall–Kier alpha value is -1.97. The van der Waals surface area contributed by atoms with Gasteiger partial charge in [-0.05, 0) is 31.7 Å². The van der Waals surface area contributed by atoms with Crippen molar-refractivity contribution in [2.24, 2.45) is 5.92 Å². The largest absolute Gasteiger partial charge is 0.496 e. The van der Waals surface area contributed by atoms with Crippen molar-refractivity contribution in [1.82, 2.24) is 19.2 Å². The molecule has 2 atom stereocenters. The van der Waals surface area contributed by atoms with E-state index in [1.165, 1.54) is 11.4 Å². The van der Waals surface area contributed by atoms with Gasteiger partial charge in [-0.2, -0.15) is 22.4 Å². The van der Waals surface area contributed by atoms with Crippen LogP contribution in [0.15, 0.2) is 28.8 Å². The van der Waals surface area contributed by atoms with Gasteiger partial charge < -0.3 is 9.26 Å². The maximum absolute atomic E-state index is 13.0. The SMILES string of the molecule is COc1ccccc1[C@@H](NS(=O)(=O)N(C)[C@@H](C)C1CC1)c1noc(C)n1. The van der Waals surface area contributed by atoms with E-state index in [1.54, 1.807) is 26.1 Å². The molecule has 3 rings (SSSR count). The fourth-order valence-corrected chi connectivity index (χ4v) is 4.23. The molecule has 9 heteroatoms. The van der Waals surface area contributed by atoms with Crippen molar-refractivity contribution in [3.05, 3.63) is 41.5 Å². The molecule has 1 saturated carbocycles. The maximum Gasteiger partial charge on any atom is 0.280 e. The molecule has 0 bridgehead atoms. The molecule has 0 spiro atoms. The number of nitrogens with zero attached hydrogens (tertiary/aromatic N) is 3. The number of ether oxygens (including phenoxy) is 1. The van der Waals surface area contributed by atoms with E-state index in [2.05, 4.69) is 14.9 Å². The normalized spacial score (nSPS) is 17.3. The Morgan fingerprint density at radius 1 is 1.35 bits per heavy atom. The predicted molar refractivity (Wildman–Crippen MR) is 95.9 cm³/mol. The van der Waals surface area contributed by atoms with Crippen LogP contribution >= 0.6 is 0 Å². The molecule has 1 N–H and O–H groups in total. The second-order valence-corrected chi connectivity index (χ2v) is 8.33. The third-order valence-electron chi connectivity index (χ3n) is 4.78. The van der Waals surface area contributed by atoms with Crippen molar-refractivity contribution in [1.29, 1.82) is 0 Å². The molecule has 26 heavy (non-hydrogen) atoms. The predicted octanol–water partition coefficient (Wildman–Crippen LogP) is 2.04. The summed E-state index contributed by atoms with van der Waals surface area (Å²) in [5.74, 6) is 1.55. The Labute approximate surface area is 153 Å². The fraction of sp³-hybridized carbons (Fsp3) is 0.529. The molecule has 0 amide bonds. The van der Waals surface area contributed by atoms with Gasteiger partial charge in [-0.25, -0.2) is 0 Å². The average molecular weight is 380 g/mol. The van der Waals surface area contributed by atoms with E-state index in [9.17, 15) is 8.42 Å². The standard InChI is InChI=1S/C17H24N4O4S/c1-11(13-9-10-13)21(3)26(22,23)20-16(17-18-12(2)25-19-17)14-7-5-6-8-15(14)24-4/h5-8,11,13,16,20H,9-10H2,1-4H3/t11-,16+/m0/s1. The van der Waals surface area contributed by atoms with Gasteiger partial charge in [0.25, 0.3) is 10.2 Å². The van der Waals surface area contributed by atoms with Crippen LogP contribution in [0.2, 0.25) is 0 Å². The monoisotopic (exact) mass is 380 g/mol. The summed E-state index contributed by atoms with van der Waals surface area (Å²) < 4.78 is 40.4. The van der Waals surface area contributed by atoms with Crippen molar-refractivity contribution in [3.63, 3.8) is 0 Å². The van der Waals surface area contributed by atoms with Gasteiger partial charge in [0.1, 0.15) is 11.8 Å². The Bertz CT molecular complexity index is 863. The van der Waals surface area contributed by atoms with Crippen LogP contribution in [0.1, 0.15) is 43.1 Å². The highest BCUT2D eigenvalue weighted by Crippen LogP contribution is 2.36. The lowest BCUT2D eigenvalue weighted by Gasteiger charge is -2.27. The zero-order valence-corrected chi connectivity index (χ0v) is 16.2. The molecule has 1 fully saturated rings. The summed E-state index contributed by atoms with van der Waals surface area (Å²) in [4.78, 5) is 4.22. The van der Waals surface area contributed by atoms with E-state index in [1.807, 2.05) is 19.1 Å². The summed E-state index contributed by atoms with van der Waals surface area (Å²) in [5.41, 5.74) is 0.617. The molecule has 8 nitrogen and oxygen atoms in total. The van der Waals surface area contributed by atoms with Gasteiger partial charge >= 0.3 is 0 Å². The first kappa shape index (κ1) is 18.8. The topological polar surface area (TPSA) is 97.6 Å². The molecule has 1 heterocycles. The molecule has 1 aromatic heterocycles. The number of nitrogens with one attached hydrogen (secondary N) is 1. The van der Waals surface area contributed by atoms with E-state index < -0.39 is 16.3 Å². The van der Waals surface area contributed by atoms with Gasteiger partial charge in [0, 0.05) is 25.6 Å². The molecule has 0 unspecified atom stereocenters. The third-order valence-corrected chi connectivity index (χ3v) is 6.40. The second kappa shape index (κ2) is 7.34. The Balaban J connectivity index is 1.96. The van der Waals surface area contributed by atoms with Crippen molar-refractivity contribution in [3.8, 4) is 5.75 Å². The van der Waals surface area contributed by atoms with Crippen molar-refractivity contribution in [2.75, 3.05) is 14.2 Å². The summed E-state index contributed by atoms with van der Waals surface area (Å²) in [6.07, 6.45) is 2.11. The van der Waals surface area contributed by atoms with Crippen LogP contribution in [0, 0.1) is 12.8 Å². The molecule has 1 aliphatic rings. The summed E-state index contributed by atoms with van der Waals surface area (Å²) in [5, 5.41) is 3.92. The lowest BCUT2D eigenvalue weighted by atomic mass is 10.1. The van der Waals surface area contributed by atoms with Gasteiger partial charge in [0.15, 0.2) is 5.82 Å². The van der Waals surface area contributed by atoms with Crippen molar-refractivity contribution in [2.45, 2.75) is 38.8 Å². The fourth-order valence-electron chi connectivity index (χ4n) is 2.92. The first-order chi connectivity index (χ1) is 12.3. The summed E-state index contributed by atoms with van der Waals surface area (Å²) in [6.45, 7) is 3.58. The van der Waals surface area contributed by atoms with Gasteiger partial charge in [0.05, 0.1) is 7.11 Å². The van der Waals surface area contributed by atoms with Crippen molar-refractivity contribution < 1.29 is 17.7 Å². The van der Waals surface area contributed by atoms with Crippen LogP contribution in [-0.2, 0) is 10.2 Å². The average Bonchev–Trinajstić information content (AvgIpc) is 3.39. The van der Waals surface area contributed by atoms with Crippen LogP contribution in [-0.4, -0.2) is 43.1 Å². The minimum absolute atomic E-state index is 0.0715. The number of hydrogen-bond donors (Lipinski definition) is 1. The summed E-state index contributed by atoms with van der Waals surface area (Å²) in [7, 11) is -0.645. The molecule has 1 aliphatic carbocycles. The van der Waals surface area contributed by atoms with E-state index >= 15 is 0 Å². The van der Waals surface area contributed by atoms with Crippen LogP contribution in [0.3, 0.4) is 0 Å². The second-order valence-electron chi connectivity index (χ2n) is 6.56. The lowest BCUT2D eigenvalue weighted by molar-refractivity contribution is 0.346. The van der Waals surface area contributed by atoms with Gasteiger partial charge in [-0.3, -0.25) is 0 Å². The van der Waals surface area contributed by atoms with Crippen LogP contribution in [0.25, 0.3) is 0 Å². The highest BCUT2D eigenvalue weighted by molar-refractivity contribution is 7.87. The molecule has 2 aromatic rings. The summed E-state index contributed by atoms with van der Waals surface area (Å²) >= 11 is 0. The zero-order chi connectivity index (χ0) is 18.9. The number of aryl methyl sites for hydroxylation is 1.